The normalized spacial score (nSPS) is 11.0. The van der Waals surface area contributed by atoms with Crippen LogP contribution < -0.4 is 11.2 Å². The highest BCUT2D eigenvalue weighted by molar-refractivity contribution is 9.10. The molecule has 158 valence electrons. The molecule has 30 heavy (non-hydrogen) atoms. The van der Waals surface area contributed by atoms with E-state index >= 15 is 0 Å². The van der Waals surface area contributed by atoms with Crippen LogP contribution in [0.25, 0.3) is 10.2 Å². The highest BCUT2D eigenvalue weighted by atomic mass is 79.9. The number of carboxylic acids is 1. The summed E-state index contributed by atoms with van der Waals surface area (Å²) in [6.45, 7) is 2.89. The zero-order valence-corrected chi connectivity index (χ0v) is 18.7. The molecule has 0 saturated carbocycles. The number of carboxylic acid groups (broad SMARTS) is 1. The molecular weight excluding hydrogens is 476 g/mol. The van der Waals surface area contributed by atoms with E-state index in [2.05, 4.69) is 15.9 Å². The van der Waals surface area contributed by atoms with Crippen LogP contribution in [-0.4, -0.2) is 32.8 Å². The number of carbonyl (C=O) groups is 2. The highest BCUT2D eigenvalue weighted by Crippen LogP contribution is 2.29. The summed E-state index contributed by atoms with van der Waals surface area (Å²) < 4.78 is 8.00. The van der Waals surface area contributed by atoms with Gasteiger partial charge in [0.1, 0.15) is 16.3 Å². The first-order chi connectivity index (χ1) is 14.3. The zero-order valence-electron chi connectivity index (χ0n) is 16.3. The Hall–Kier alpha value is -2.72. The molecule has 0 radical (unpaired) electrons. The van der Waals surface area contributed by atoms with Crippen molar-refractivity contribution in [3.63, 3.8) is 0 Å². The van der Waals surface area contributed by atoms with Crippen LogP contribution in [0.15, 0.2) is 38.3 Å². The van der Waals surface area contributed by atoms with Crippen LogP contribution in [0, 0.1) is 6.92 Å². The third kappa shape index (κ3) is 4.10. The van der Waals surface area contributed by atoms with Gasteiger partial charge in [-0.25, -0.2) is 14.2 Å². The number of fused-ring (bicyclic) bond motifs is 1. The minimum Gasteiger partial charge on any atom is -0.480 e. The number of rotatable bonds is 7. The van der Waals surface area contributed by atoms with E-state index in [0.717, 1.165) is 21.4 Å². The number of hydrogen-bond donors (Lipinski definition) is 1. The van der Waals surface area contributed by atoms with Gasteiger partial charge in [0.15, 0.2) is 0 Å². The van der Waals surface area contributed by atoms with Crippen molar-refractivity contribution in [2.24, 2.45) is 0 Å². The Kier molecular flexibility index (Phi) is 6.57. The van der Waals surface area contributed by atoms with Crippen LogP contribution in [-0.2, 0) is 29.0 Å². The van der Waals surface area contributed by atoms with Crippen LogP contribution in [0.2, 0.25) is 0 Å². The lowest BCUT2D eigenvalue weighted by Gasteiger charge is -2.12. The Morgan fingerprint density at radius 2 is 1.90 bits per heavy atom. The van der Waals surface area contributed by atoms with E-state index in [-0.39, 0.29) is 23.4 Å². The van der Waals surface area contributed by atoms with Gasteiger partial charge in [0, 0.05) is 11.0 Å². The molecule has 3 rings (SSSR count). The monoisotopic (exact) mass is 494 g/mol. The van der Waals surface area contributed by atoms with Gasteiger partial charge in [-0.2, -0.15) is 0 Å². The molecule has 3 aromatic rings. The molecule has 10 heteroatoms. The number of carbonyl (C=O) groups excluding carboxylic acids is 1. The standard InChI is InChI=1S/C20H19BrN2O6S/c1-3-29-19(27)16-11(2)15-17(26)23(10-14(24)25)20(28)22(18(15)30-16)9-8-12-6-4-5-7-13(12)21/h4-7H,3,8-10H2,1-2H3,(H,24,25). The van der Waals surface area contributed by atoms with Crippen LogP contribution in [0.1, 0.15) is 27.7 Å². The molecule has 0 fully saturated rings. The fourth-order valence-electron chi connectivity index (χ4n) is 3.19. The molecule has 2 heterocycles. The Morgan fingerprint density at radius 3 is 2.53 bits per heavy atom. The highest BCUT2D eigenvalue weighted by Gasteiger charge is 2.24. The van der Waals surface area contributed by atoms with Gasteiger partial charge in [-0.3, -0.25) is 14.2 Å². The summed E-state index contributed by atoms with van der Waals surface area (Å²) >= 11 is 4.48. The van der Waals surface area contributed by atoms with Crippen molar-refractivity contribution in [1.29, 1.82) is 0 Å². The van der Waals surface area contributed by atoms with Gasteiger partial charge in [0.05, 0.1) is 12.0 Å². The first-order valence-corrected chi connectivity index (χ1v) is 10.8. The number of esters is 1. The predicted molar refractivity (Wildman–Crippen MR) is 117 cm³/mol. The van der Waals surface area contributed by atoms with E-state index in [9.17, 15) is 24.3 Å². The van der Waals surface area contributed by atoms with Crippen LogP contribution in [0.4, 0.5) is 0 Å². The molecule has 0 amide bonds. The van der Waals surface area contributed by atoms with Crippen LogP contribution >= 0.6 is 27.3 Å². The Labute approximate surface area is 183 Å². The number of benzene rings is 1. The average Bonchev–Trinajstić information content (AvgIpc) is 3.03. The molecule has 0 spiro atoms. The maximum absolute atomic E-state index is 13.0. The van der Waals surface area contributed by atoms with Crippen molar-refractivity contribution in [3.05, 3.63) is 65.6 Å². The van der Waals surface area contributed by atoms with E-state index in [1.54, 1.807) is 13.8 Å². The number of aryl methyl sites for hydroxylation is 3. The number of aromatic nitrogens is 2. The van der Waals surface area contributed by atoms with E-state index in [1.807, 2.05) is 24.3 Å². The lowest BCUT2D eigenvalue weighted by molar-refractivity contribution is -0.137. The Balaban J connectivity index is 2.22. The number of aliphatic carboxylic acids is 1. The molecule has 0 saturated heterocycles. The molecular formula is C20H19BrN2O6S. The number of thiophene rings is 1. The number of halogens is 1. The largest absolute Gasteiger partial charge is 0.480 e. The van der Waals surface area contributed by atoms with Crippen molar-refractivity contribution in [1.82, 2.24) is 9.13 Å². The maximum Gasteiger partial charge on any atom is 0.348 e. The van der Waals surface area contributed by atoms with Gasteiger partial charge in [-0.05, 0) is 37.5 Å². The van der Waals surface area contributed by atoms with Crippen molar-refractivity contribution in [3.8, 4) is 0 Å². The molecule has 1 aromatic carbocycles. The van der Waals surface area contributed by atoms with Crippen LogP contribution in [0.3, 0.4) is 0 Å². The smallest absolute Gasteiger partial charge is 0.348 e. The van der Waals surface area contributed by atoms with Gasteiger partial charge in [-0.15, -0.1) is 11.3 Å². The van der Waals surface area contributed by atoms with Crippen LogP contribution in [0.5, 0.6) is 0 Å². The summed E-state index contributed by atoms with van der Waals surface area (Å²) in [5.41, 5.74) is -0.114. The van der Waals surface area contributed by atoms with E-state index in [0.29, 0.717) is 21.4 Å². The molecule has 8 nitrogen and oxygen atoms in total. The van der Waals surface area contributed by atoms with E-state index < -0.39 is 29.7 Å². The van der Waals surface area contributed by atoms with Gasteiger partial charge >= 0.3 is 17.6 Å². The first kappa shape index (κ1) is 22.0. The quantitative estimate of drug-likeness (QED) is 0.506. The second kappa shape index (κ2) is 8.97. The molecule has 0 atom stereocenters. The first-order valence-electron chi connectivity index (χ1n) is 9.15. The summed E-state index contributed by atoms with van der Waals surface area (Å²) in [7, 11) is 0. The third-order valence-electron chi connectivity index (χ3n) is 4.61. The number of ether oxygens (including phenoxy) is 1. The minimum atomic E-state index is -1.30. The molecule has 0 aliphatic heterocycles. The molecule has 0 aliphatic carbocycles. The van der Waals surface area contributed by atoms with Crippen molar-refractivity contribution >= 4 is 49.4 Å². The third-order valence-corrected chi connectivity index (χ3v) is 6.68. The van der Waals surface area contributed by atoms with E-state index in [4.69, 9.17) is 4.74 Å². The second-order valence-electron chi connectivity index (χ2n) is 6.52. The van der Waals surface area contributed by atoms with Gasteiger partial charge in [-0.1, -0.05) is 34.1 Å². The molecule has 0 bridgehead atoms. The lowest BCUT2D eigenvalue weighted by atomic mass is 10.1. The van der Waals surface area contributed by atoms with Crippen molar-refractivity contribution in [2.75, 3.05) is 6.61 Å². The molecule has 0 unspecified atom stereocenters. The summed E-state index contributed by atoms with van der Waals surface area (Å²) in [5.74, 6) is -1.88. The van der Waals surface area contributed by atoms with Gasteiger partial charge in [0.2, 0.25) is 0 Å². The molecule has 2 aromatic heterocycles. The summed E-state index contributed by atoms with van der Waals surface area (Å²) in [6, 6.07) is 7.54. The van der Waals surface area contributed by atoms with Crippen molar-refractivity contribution in [2.45, 2.75) is 33.4 Å². The topological polar surface area (TPSA) is 108 Å². The number of nitrogens with zero attached hydrogens (tertiary/aromatic N) is 2. The van der Waals surface area contributed by atoms with Gasteiger partial charge in [0.25, 0.3) is 5.56 Å². The minimum absolute atomic E-state index is 0.163. The Bertz CT molecular complexity index is 1260. The van der Waals surface area contributed by atoms with E-state index in [1.165, 1.54) is 4.57 Å². The maximum atomic E-state index is 13.0. The van der Waals surface area contributed by atoms with Gasteiger partial charge < -0.3 is 9.84 Å². The summed E-state index contributed by atoms with van der Waals surface area (Å²) in [4.78, 5) is 50.0. The zero-order chi connectivity index (χ0) is 22.0. The summed E-state index contributed by atoms with van der Waals surface area (Å²) in [5, 5.41) is 9.33. The summed E-state index contributed by atoms with van der Waals surface area (Å²) in [6.07, 6.45) is 0.466. The predicted octanol–water partition coefficient (Wildman–Crippen LogP) is 2.80. The second-order valence-corrected chi connectivity index (χ2v) is 8.37. The molecule has 0 aliphatic rings. The lowest BCUT2D eigenvalue weighted by Crippen LogP contribution is -2.41. The van der Waals surface area contributed by atoms with Crippen molar-refractivity contribution < 1.29 is 19.4 Å². The Morgan fingerprint density at radius 1 is 1.20 bits per heavy atom. The number of hydrogen-bond acceptors (Lipinski definition) is 6. The SMILES string of the molecule is CCOC(=O)c1sc2c(c1C)c(=O)n(CC(=O)O)c(=O)n2CCc1ccccc1Br. The fraction of sp³-hybridized carbons (Fsp3) is 0.300. The average molecular weight is 495 g/mol. The molecule has 1 N–H and O–H groups in total. The fourth-order valence-corrected chi connectivity index (χ4v) is 4.89.